The maximum atomic E-state index is 13.5. The summed E-state index contributed by atoms with van der Waals surface area (Å²) in [5, 5.41) is 0.980. The summed E-state index contributed by atoms with van der Waals surface area (Å²) in [5.41, 5.74) is 4.31. The number of fused-ring (bicyclic) bond motifs is 1. The number of piperidine rings is 1. The summed E-state index contributed by atoms with van der Waals surface area (Å²) in [6.07, 6.45) is 4.16. The number of pyridine rings is 1. The topological polar surface area (TPSA) is 41.1 Å². The summed E-state index contributed by atoms with van der Waals surface area (Å²) in [4.78, 5) is 10.2. The van der Waals surface area contributed by atoms with E-state index in [4.69, 9.17) is 4.74 Å². The zero-order chi connectivity index (χ0) is 17.9. The van der Waals surface area contributed by atoms with Crippen LogP contribution in [0.2, 0.25) is 0 Å². The van der Waals surface area contributed by atoms with Crippen molar-refractivity contribution in [3.05, 3.63) is 65.4 Å². The largest absolute Gasteiger partial charge is 0.372 e. The predicted octanol–water partition coefficient (Wildman–Crippen LogP) is 4.19. The SMILES string of the molecule is Cc1c(CN2CCC(OCc3ccccn3)CC2)[nH]c2ccc(F)cc12. The monoisotopic (exact) mass is 353 g/mol. The molecule has 26 heavy (non-hydrogen) atoms. The Morgan fingerprint density at radius 2 is 2.08 bits per heavy atom. The molecule has 3 heterocycles. The third-order valence-electron chi connectivity index (χ3n) is 5.23. The second-order valence-electron chi connectivity index (χ2n) is 7.03. The van der Waals surface area contributed by atoms with Gasteiger partial charge in [0.15, 0.2) is 0 Å². The molecule has 3 aromatic rings. The van der Waals surface area contributed by atoms with E-state index in [1.165, 1.54) is 11.8 Å². The Morgan fingerprint density at radius 1 is 1.23 bits per heavy atom. The molecule has 1 fully saturated rings. The summed E-state index contributed by atoms with van der Waals surface area (Å²) < 4.78 is 19.5. The summed E-state index contributed by atoms with van der Waals surface area (Å²) in [5.74, 6) is -0.183. The molecule has 0 unspecified atom stereocenters. The number of hydrogen-bond acceptors (Lipinski definition) is 3. The second kappa shape index (κ2) is 7.56. The van der Waals surface area contributed by atoms with Gasteiger partial charge in [-0.1, -0.05) is 6.07 Å². The Bertz CT molecular complexity index is 870. The molecule has 0 aliphatic carbocycles. The van der Waals surface area contributed by atoms with Crippen molar-refractivity contribution in [2.75, 3.05) is 13.1 Å². The normalized spacial score (nSPS) is 16.4. The summed E-state index contributed by atoms with van der Waals surface area (Å²) in [6, 6.07) is 10.8. The molecular formula is C21H24FN3O. The van der Waals surface area contributed by atoms with Gasteiger partial charge in [-0.05, 0) is 55.7 Å². The van der Waals surface area contributed by atoms with Crippen molar-refractivity contribution < 1.29 is 9.13 Å². The number of nitrogens with one attached hydrogen (secondary N) is 1. The summed E-state index contributed by atoms with van der Waals surface area (Å²) in [7, 11) is 0. The van der Waals surface area contributed by atoms with Gasteiger partial charge in [0.2, 0.25) is 0 Å². The number of likely N-dealkylation sites (tertiary alicyclic amines) is 1. The minimum atomic E-state index is -0.183. The highest BCUT2D eigenvalue weighted by Gasteiger charge is 2.21. The van der Waals surface area contributed by atoms with E-state index >= 15 is 0 Å². The lowest BCUT2D eigenvalue weighted by Crippen LogP contribution is -2.36. The Labute approximate surface area is 153 Å². The number of ether oxygens (including phenoxy) is 1. The highest BCUT2D eigenvalue weighted by molar-refractivity contribution is 5.84. The van der Waals surface area contributed by atoms with Gasteiger partial charge in [0.1, 0.15) is 5.82 Å². The number of benzene rings is 1. The Hall–Kier alpha value is -2.24. The molecule has 4 rings (SSSR count). The van der Waals surface area contributed by atoms with Gasteiger partial charge in [0.25, 0.3) is 0 Å². The average Bonchev–Trinajstić information content (AvgIpc) is 2.97. The van der Waals surface area contributed by atoms with E-state index in [9.17, 15) is 4.39 Å². The van der Waals surface area contributed by atoms with Gasteiger partial charge in [-0.15, -0.1) is 0 Å². The Morgan fingerprint density at radius 3 is 2.85 bits per heavy atom. The predicted molar refractivity (Wildman–Crippen MR) is 100 cm³/mol. The first-order chi connectivity index (χ1) is 12.7. The van der Waals surface area contributed by atoms with Crippen LogP contribution in [0.3, 0.4) is 0 Å². The lowest BCUT2D eigenvalue weighted by atomic mass is 10.1. The number of nitrogens with zero attached hydrogens (tertiary/aromatic N) is 2. The molecule has 1 aliphatic heterocycles. The van der Waals surface area contributed by atoms with Gasteiger partial charge >= 0.3 is 0 Å². The van der Waals surface area contributed by atoms with Gasteiger partial charge < -0.3 is 9.72 Å². The third kappa shape index (κ3) is 3.79. The van der Waals surface area contributed by atoms with Crippen LogP contribution in [-0.2, 0) is 17.9 Å². The number of halogens is 1. The fourth-order valence-corrected chi connectivity index (χ4v) is 3.66. The van der Waals surface area contributed by atoms with Crippen LogP contribution < -0.4 is 0 Å². The van der Waals surface area contributed by atoms with Crippen molar-refractivity contribution in [1.82, 2.24) is 14.9 Å². The van der Waals surface area contributed by atoms with E-state index in [0.717, 1.165) is 54.6 Å². The Balaban J connectivity index is 1.32. The van der Waals surface area contributed by atoms with E-state index in [2.05, 4.69) is 21.8 Å². The van der Waals surface area contributed by atoms with Crippen molar-refractivity contribution in [2.45, 2.75) is 39.0 Å². The number of aryl methyl sites for hydroxylation is 1. The van der Waals surface area contributed by atoms with Crippen molar-refractivity contribution in [1.29, 1.82) is 0 Å². The quantitative estimate of drug-likeness (QED) is 0.748. The molecule has 1 aliphatic rings. The van der Waals surface area contributed by atoms with Gasteiger partial charge in [-0.2, -0.15) is 0 Å². The molecule has 136 valence electrons. The molecular weight excluding hydrogens is 329 g/mol. The Kier molecular flexibility index (Phi) is 5.00. The molecule has 0 spiro atoms. The van der Waals surface area contributed by atoms with Gasteiger partial charge in [0.05, 0.1) is 18.4 Å². The van der Waals surface area contributed by atoms with E-state index in [1.54, 1.807) is 12.3 Å². The molecule has 0 atom stereocenters. The molecule has 0 saturated carbocycles. The van der Waals surface area contributed by atoms with Gasteiger partial charge in [-0.3, -0.25) is 9.88 Å². The number of H-pyrrole nitrogens is 1. The van der Waals surface area contributed by atoms with Crippen LogP contribution >= 0.6 is 0 Å². The highest BCUT2D eigenvalue weighted by Crippen LogP contribution is 2.25. The van der Waals surface area contributed by atoms with E-state index in [0.29, 0.717) is 12.7 Å². The van der Waals surface area contributed by atoms with E-state index in [-0.39, 0.29) is 5.82 Å². The van der Waals surface area contributed by atoms with Crippen molar-refractivity contribution in [3.8, 4) is 0 Å². The van der Waals surface area contributed by atoms with Crippen LogP contribution in [0, 0.1) is 12.7 Å². The minimum absolute atomic E-state index is 0.183. The van der Waals surface area contributed by atoms with Crippen LogP contribution in [0.25, 0.3) is 10.9 Å². The standard InChI is InChI=1S/C21H24FN3O/c1-15-19-12-16(22)5-6-20(19)24-21(15)13-25-10-7-18(8-11-25)26-14-17-4-2-3-9-23-17/h2-6,9,12,18,24H,7-8,10-11,13-14H2,1H3. The number of rotatable bonds is 5. The first kappa shape index (κ1) is 17.2. The highest BCUT2D eigenvalue weighted by atomic mass is 19.1. The third-order valence-corrected chi connectivity index (χ3v) is 5.23. The molecule has 2 aromatic heterocycles. The summed E-state index contributed by atoms with van der Waals surface area (Å²) in [6.45, 7) is 5.54. The fraction of sp³-hybridized carbons (Fsp3) is 0.381. The molecule has 0 radical (unpaired) electrons. The second-order valence-corrected chi connectivity index (χ2v) is 7.03. The smallest absolute Gasteiger partial charge is 0.123 e. The van der Waals surface area contributed by atoms with Crippen LogP contribution in [0.15, 0.2) is 42.6 Å². The minimum Gasteiger partial charge on any atom is -0.372 e. The molecule has 1 N–H and O–H groups in total. The van der Waals surface area contributed by atoms with Crippen LogP contribution in [0.1, 0.15) is 29.8 Å². The summed E-state index contributed by atoms with van der Waals surface area (Å²) >= 11 is 0. The van der Waals surface area contributed by atoms with Crippen LogP contribution in [0.5, 0.6) is 0 Å². The van der Waals surface area contributed by atoms with E-state index < -0.39 is 0 Å². The van der Waals surface area contributed by atoms with Gasteiger partial charge in [0, 0.05) is 42.4 Å². The van der Waals surface area contributed by atoms with Crippen LogP contribution in [-0.4, -0.2) is 34.1 Å². The van der Waals surface area contributed by atoms with Crippen molar-refractivity contribution in [3.63, 3.8) is 0 Å². The molecule has 0 amide bonds. The first-order valence-electron chi connectivity index (χ1n) is 9.19. The maximum absolute atomic E-state index is 13.5. The molecule has 4 nitrogen and oxygen atoms in total. The zero-order valence-electron chi connectivity index (χ0n) is 15.0. The molecule has 0 bridgehead atoms. The average molecular weight is 353 g/mol. The lowest BCUT2D eigenvalue weighted by molar-refractivity contribution is -0.00542. The maximum Gasteiger partial charge on any atom is 0.123 e. The molecule has 1 saturated heterocycles. The van der Waals surface area contributed by atoms with Gasteiger partial charge in [-0.25, -0.2) is 4.39 Å². The number of hydrogen-bond donors (Lipinski definition) is 1. The van der Waals surface area contributed by atoms with Crippen LogP contribution in [0.4, 0.5) is 4.39 Å². The zero-order valence-corrected chi connectivity index (χ0v) is 15.0. The molecule has 1 aromatic carbocycles. The fourth-order valence-electron chi connectivity index (χ4n) is 3.66. The number of aromatic nitrogens is 2. The first-order valence-corrected chi connectivity index (χ1v) is 9.19. The number of aromatic amines is 1. The lowest BCUT2D eigenvalue weighted by Gasteiger charge is -2.31. The van der Waals surface area contributed by atoms with Crippen molar-refractivity contribution >= 4 is 10.9 Å². The molecule has 5 heteroatoms. The van der Waals surface area contributed by atoms with Crippen molar-refractivity contribution in [2.24, 2.45) is 0 Å². The van der Waals surface area contributed by atoms with E-state index in [1.807, 2.05) is 24.3 Å².